The molecule has 7 heteroatoms. The van der Waals surface area contributed by atoms with E-state index >= 15 is 0 Å². The molecule has 33 heavy (non-hydrogen) atoms. The largest absolute Gasteiger partial charge is 0.489 e. The fourth-order valence-electron chi connectivity index (χ4n) is 4.48. The van der Waals surface area contributed by atoms with Crippen molar-refractivity contribution in [2.24, 2.45) is 5.92 Å². The third kappa shape index (κ3) is 4.39. The minimum atomic E-state index is 0.0158. The molecule has 0 bridgehead atoms. The second kappa shape index (κ2) is 8.94. The number of anilines is 1. The van der Waals surface area contributed by atoms with Crippen LogP contribution in [-0.2, 0) is 11.4 Å². The zero-order valence-corrected chi connectivity index (χ0v) is 18.6. The molecule has 1 saturated carbocycles. The average Bonchev–Trinajstić information content (AvgIpc) is 3.18. The monoisotopic (exact) mass is 441 g/mol. The highest BCUT2D eigenvalue weighted by molar-refractivity contribution is 6.00. The van der Waals surface area contributed by atoms with Crippen LogP contribution in [0.3, 0.4) is 0 Å². The number of nitrogens with two attached hydrogens (primary N) is 1. The summed E-state index contributed by atoms with van der Waals surface area (Å²) in [6.45, 7) is 2.78. The molecule has 0 spiro atoms. The smallest absolute Gasteiger partial charge is 0.216 e. The van der Waals surface area contributed by atoms with E-state index in [2.05, 4.69) is 32.1 Å². The lowest BCUT2D eigenvalue weighted by Gasteiger charge is -2.36. The SMILES string of the molecule is CC(=O)NC[C@H]1C[C@@H](n2cc(-c3cccc(OCc4ccccc4)c3)c3c(N)ncnc32)C1. The number of aromatic nitrogens is 3. The number of nitrogens with zero attached hydrogens (tertiary/aromatic N) is 3. The molecule has 3 N–H and O–H groups in total. The zero-order chi connectivity index (χ0) is 22.8. The van der Waals surface area contributed by atoms with E-state index in [0.29, 0.717) is 24.4 Å². The van der Waals surface area contributed by atoms with Gasteiger partial charge in [0, 0.05) is 31.3 Å². The molecule has 2 aromatic heterocycles. The quantitative estimate of drug-likeness (QED) is 0.445. The molecule has 0 atom stereocenters. The number of fused-ring (bicyclic) bond motifs is 1. The minimum absolute atomic E-state index is 0.0158. The molecule has 5 rings (SSSR count). The van der Waals surface area contributed by atoms with Crippen molar-refractivity contribution < 1.29 is 9.53 Å². The molecule has 0 radical (unpaired) electrons. The van der Waals surface area contributed by atoms with Crippen molar-refractivity contribution >= 4 is 22.8 Å². The van der Waals surface area contributed by atoms with Gasteiger partial charge in [-0.15, -0.1) is 0 Å². The van der Waals surface area contributed by atoms with Crippen LogP contribution in [0.15, 0.2) is 67.1 Å². The number of amides is 1. The Hall–Kier alpha value is -3.87. The Kier molecular flexibility index (Phi) is 5.69. The van der Waals surface area contributed by atoms with Crippen molar-refractivity contribution in [3.05, 3.63) is 72.7 Å². The average molecular weight is 442 g/mol. The van der Waals surface area contributed by atoms with E-state index < -0.39 is 0 Å². The first-order valence-electron chi connectivity index (χ1n) is 11.2. The highest BCUT2D eigenvalue weighted by Crippen LogP contribution is 2.42. The summed E-state index contributed by atoms with van der Waals surface area (Å²) in [6.07, 6.45) is 5.64. The number of benzene rings is 2. The van der Waals surface area contributed by atoms with Gasteiger partial charge in [0.05, 0.1) is 5.39 Å². The second-order valence-corrected chi connectivity index (χ2v) is 8.64. The van der Waals surface area contributed by atoms with Gasteiger partial charge < -0.3 is 20.4 Å². The van der Waals surface area contributed by atoms with Crippen LogP contribution in [0, 0.1) is 5.92 Å². The first-order valence-corrected chi connectivity index (χ1v) is 11.2. The maximum atomic E-state index is 11.2. The van der Waals surface area contributed by atoms with Gasteiger partial charge in [-0.25, -0.2) is 9.97 Å². The lowest BCUT2D eigenvalue weighted by Crippen LogP contribution is -2.36. The third-order valence-electron chi connectivity index (χ3n) is 6.28. The third-order valence-corrected chi connectivity index (χ3v) is 6.28. The fraction of sp³-hybridized carbons (Fsp3) is 0.269. The molecule has 0 saturated heterocycles. The molecule has 0 aliphatic heterocycles. The van der Waals surface area contributed by atoms with E-state index in [1.54, 1.807) is 6.92 Å². The molecule has 7 nitrogen and oxygen atoms in total. The molecule has 2 heterocycles. The van der Waals surface area contributed by atoms with Crippen molar-refractivity contribution in [1.29, 1.82) is 0 Å². The number of nitrogens with one attached hydrogen (secondary N) is 1. The molecular formula is C26H27N5O2. The number of carbonyl (C=O) groups is 1. The van der Waals surface area contributed by atoms with Gasteiger partial charge in [0.25, 0.3) is 0 Å². The van der Waals surface area contributed by atoms with Gasteiger partial charge in [-0.2, -0.15) is 0 Å². The van der Waals surface area contributed by atoms with Crippen LogP contribution in [0.2, 0.25) is 0 Å². The van der Waals surface area contributed by atoms with Crippen LogP contribution in [-0.4, -0.2) is 27.0 Å². The van der Waals surface area contributed by atoms with Crippen LogP contribution >= 0.6 is 0 Å². The molecule has 1 amide bonds. The van der Waals surface area contributed by atoms with Crippen molar-refractivity contribution in [3.8, 4) is 16.9 Å². The van der Waals surface area contributed by atoms with Crippen LogP contribution in [0.25, 0.3) is 22.2 Å². The zero-order valence-electron chi connectivity index (χ0n) is 18.6. The van der Waals surface area contributed by atoms with E-state index in [4.69, 9.17) is 10.5 Å². The van der Waals surface area contributed by atoms with E-state index in [0.717, 1.165) is 52.9 Å². The van der Waals surface area contributed by atoms with Gasteiger partial charge in [-0.1, -0.05) is 42.5 Å². The Morgan fingerprint density at radius 3 is 2.76 bits per heavy atom. The van der Waals surface area contributed by atoms with Crippen LogP contribution < -0.4 is 15.8 Å². The first-order chi connectivity index (χ1) is 16.1. The number of rotatable bonds is 7. The molecule has 2 aromatic carbocycles. The Labute approximate surface area is 192 Å². The summed E-state index contributed by atoms with van der Waals surface area (Å²) in [4.78, 5) is 20.0. The summed E-state index contributed by atoms with van der Waals surface area (Å²) in [5, 5.41) is 3.78. The Morgan fingerprint density at radius 1 is 1.15 bits per heavy atom. The summed E-state index contributed by atoms with van der Waals surface area (Å²) in [5.41, 5.74) is 10.3. The number of hydrogen-bond donors (Lipinski definition) is 2. The molecule has 4 aromatic rings. The van der Waals surface area contributed by atoms with Crippen LogP contribution in [0.4, 0.5) is 5.82 Å². The van der Waals surface area contributed by atoms with Crippen molar-refractivity contribution in [1.82, 2.24) is 19.9 Å². The highest BCUT2D eigenvalue weighted by atomic mass is 16.5. The molecule has 168 valence electrons. The lowest BCUT2D eigenvalue weighted by atomic mass is 9.80. The maximum Gasteiger partial charge on any atom is 0.216 e. The van der Waals surface area contributed by atoms with Gasteiger partial charge in [0.15, 0.2) is 0 Å². The van der Waals surface area contributed by atoms with Gasteiger partial charge in [-0.05, 0) is 42.0 Å². The summed E-state index contributed by atoms with van der Waals surface area (Å²) < 4.78 is 8.25. The van der Waals surface area contributed by atoms with Gasteiger partial charge in [0.1, 0.15) is 30.1 Å². The standard InChI is InChI=1S/C26H27N5O2/c1-17(32)28-13-19-10-21(11-19)31-14-23(24-25(27)29-16-30-26(24)31)20-8-5-9-22(12-20)33-15-18-6-3-2-4-7-18/h2-9,12,14,16,19,21H,10-11,13,15H2,1H3,(H,28,32)(H2,27,29,30)/t19-,21+. The predicted molar refractivity (Wildman–Crippen MR) is 129 cm³/mol. The molecule has 1 aliphatic rings. The molecule has 0 unspecified atom stereocenters. The highest BCUT2D eigenvalue weighted by Gasteiger charge is 2.32. The Morgan fingerprint density at radius 2 is 1.97 bits per heavy atom. The van der Waals surface area contributed by atoms with Crippen LogP contribution in [0.5, 0.6) is 5.75 Å². The van der Waals surface area contributed by atoms with Crippen LogP contribution in [0.1, 0.15) is 31.4 Å². The molecule has 1 fully saturated rings. The topological polar surface area (TPSA) is 95.1 Å². The number of ether oxygens (including phenoxy) is 1. The first kappa shape index (κ1) is 21.0. The number of carbonyl (C=O) groups excluding carboxylic acids is 1. The van der Waals surface area contributed by atoms with Crippen molar-refractivity contribution in [3.63, 3.8) is 0 Å². The summed E-state index contributed by atoms with van der Waals surface area (Å²) in [6, 6.07) is 18.5. The van der Waals surface area contributed by atoms with Gasteiger partial charge in [0.2, 0.25) is 5.91 Å². The van der Waals surface area contributed by atoms with Crippen molar-refractivity contribution in [2.45, 2.75) is 32.4 Å². The van der Waals surface area contributed by atoms with Gasteiger partial charge >= 0.3 is 0 Å². The van der Waals surface area contributed by atoms with E-state index in [-0.39, 0.29) is 5.91 Å². The Balaban J connectivity index is 1.41. The van der Waals surface area contributed by atoms with E-state index in [1.807, 2.05) is 48.5 Å². The molecular weight excluding hydrogens is 414 g/mol. The fourth-order valence-corrected chi connectivity index (χ4v) is 4.48. The van der Waals surface area contributed by atoms with E-state index in [9.17, 15) is 4.79 Å². The summed E-state index contributed by atoms with van der Waals surface area (Å²) >= 11 is 0. The van der Waals surface area contributed by atoms with E-state index in [1.165, 1.54) is 6.33 Å². The van der Waals surface area contributed by atoms with Crippen molar-refractivity contribution in [2.75, 3.05) is 12.3 Å². The lowest BCUT2D eigenvalue weighted by molar-refractivity contribution is -0.119. The summed E-state index contributed by atoms with van der Waals surface area (Å²) in [7, 11) is 0. The Bertz CT molecular complexity index is 1280. The minimum Gasteiger partial charge on any atom is -0.489 e. The van der Waals surface area contributed by atoms with Gasteiger partial charge in [-0.3, -0.25) is 4.79 Å². The molecule has 1 aliphatic carbocycles. The number of hydrogen-bond acceptors (Lipinski definition) is 5. The summed E-state index contributed by atoms with van der Waals surface area (Å²) in [5.74, 6) is 1.76. The second-order valence-electron chi connectivity index (χ2n) is 8.64. The normalized spacial score (nSPS) is 17.5. The maximum absolute atomic E-state index is 11.2. The number of nitrogen functional groups attached to an aromatic ring is 1. The predicted octanol–water partition coefficient (Wildman–Crippen LogP) is 4.35.